The molecule has 9 heteroatoms. The minimum absolute atomic E-state index is 0.000572. The lowest BCUT2D eigenvalue weighted by Gasteiger charge is -2.12. The van der Waals surface area contributed by atoms with Crippen LogP contribution < -0.4 is 4.74 Å². The summed E-state index contributed by atoms with van der Waals surface area (Å²) in [5, 5.41) is 0.628. The van der Waals surface area contributed by atoms with Crippen molar-refractivity contribution in [2.75, 3.05) is 27.3 Å². The molecular formula is C17H17Cl2NO5S. The molecule has 0 saturated heterocycles. The van der Waals surface area contributed by atoms with Gasteiger partial charge in [-0.05, 0) is 42.5 Å². The lowest BCUT2D eigenvalue weighted by atomic mass is 10.2. The number of nitrogens with zero attached hydrogens (tertiary/aromatic N) is 1. The molecule has 0 aliphatic heterocycles. The van der Waals surface area contributed by atoms with Gasteiger partial charge in [-0.1, -0.05) is 23.2 Å². The first-order valence-electron chi connectivity index (χ1n) is 7.49. The number of carbonyl (C=O) groups excluding carboxylic acids is 1. The molecule has 0 saturated carbocycles. The molecule has 0 radical (unpaired) electrons. The molecule has 0 amide bonds. The van der Waals surface area contributed by atoms with Gasteiger partial charge in [0.2, 0.25) is 10.0 Å². The number of benzene rings is 2. The van der Waals surface area contributed by atoms with Gasteiger partial charge >= 0.3 is 5.97 Å². The van der Waals surface area contributed by atoms with Crippen LogP contribution in [-0.2, 0) is 14.8 Å². The summed E-state index contributed by atoms with van der Waals surface area (Å²) in [5.74, 6) is -0.145. The van der Waals surface area contributed by atoms with Gasteiger partial charge in [0, 0.05) is 19.1 Å². The summed E-state index contributed by atoms with van der Waals surface area (Å²) >= 11 is 11.8. The molecule has 0 spiro atoms. The van der Waals surface area contributed by atoms with Crippen LogP contribution in [0.1, 0.15) is 10.4 Å². The number of rotatable bonds is 7. The molecule has 0 atom stereocenters. The smallest absolute Gasteiger partial charge is 0.339 e. The number of ether oxygens (including phenoxy) is 2. The Morgan fingerprint density at radius 2 is 1.69 bits per heavy atom. The van der Waals surface area contributed by atoms with Crippen molar-refractivity contribution in [1.82, 2.24) is 4.31 Å². The fourth-order valence-electron chi connectivity index (χ4n) is 1.94. The molecule has 2 rings (SSSR count). The molecule has 0 aliphatic rings. The van der Waals surface area contributed by atoms with Crippen LogP contribution in [0.5, 0.6) is 5.75 Å². The summed E-state index contributed by atoms with van der Waals surface area (Å²) < 4.78 is 35.6. The van der Waals surface area contributed by atoms with E-state index in [0.717, 1.165) is 4.31 Å². The fraction of sp³-hybridized carbons (Fsp3) is 0.235. The Morgan fingerprint density at radius 3 is 2.31 bits per heavy atom. The predicted molar refractivity (Wildman–Crippen MR) is 99.6 cm³/mol. The van der Waals surface area contributed by atoms with Crippen molar-refractivity contribution < 1.29 is 22.7 Å². The third kappa shape index (κ3) is 5.11. The second-order valence-electron chi connectivity index (χ2n) is 5.37. The minimum Gasteiger partial charge on any atom is -0.490 e. The van der Waals surface area contributed by atoms with Crippen LogP contribution in [0.3, 0.4) is 0 Å². The molecule has 0 heterocycles. The molecule has 6 nitrogen and oxygen atoms in total. The Kier molecular flexibility index (Phi) is 6.88. The van der Waals surface area contributed by atoms with Crippen LogP contribution in [0.15, 0.2) is 47.4 Å². The zero-order valence-electron chi connectivity index (χ0n) is 14.1. The number of esters is 1. The van der Waals surface area contributed by atoms with Gasteiger partial charge in [-0.3, -0.25) is 0 Å². The zero-order valence-corrected chi connectivity index (χ0v) is 16.4. The SMILES string of the molecule is CN(C)S(=O)(=O)c1ccc(OCCOC(=O)c2cc(Cl)ccc2Cl)cc1. The predicted octanol–water partition coefficient (Wildman–Crippen LogP) is 3.48. The number of halogens is 2. The highest BCUT2D eigenvalue weighted by atomic mass is 35.5. The summed E-state index contributed by atoms with van der Waals surface area (Å²) in [6.07, 6.45) is 0. The average Bonchev–Trinajstić information content (AvgIpc) is 2.61. The second kappa shape index (κ2) is 8.73. The van der Waals surface area contributed by atoms with Gasteiger partial charge in [0.05, 0.1) is 15.5 Å². The Bertz CT molecular complexity index is 883. The number of sulfonamides is 1. The summed E-state index contributed by atoms with van der Waals surface area (Å²) in [7, 11) is -0.566. The van der Waals surface area contributed by atoms with Crippen molar-refractivity contribution >= 4 is 39.2 Å². The first-order chi connectivity index (χ1) is 12.2. The Balaban J connectivity index is 1.87. The molecule has 2 aromatic carbocycles. The molecule has 2 aromatic rings. The normalized spacial score (nSPS) is 11.4. The van der Waals surface area contributed by atoms with E-state index >= 15 is 0 Å². The van der Waals surface area contributed by atoms with Crippen LogP contribution in [0.4, 0.5) is 0 Å². The van der Waals surface area contributed by atoms with Crippen LogP contribution >= 0.6 is 23.2 Å². The Hall–Kier alpha value is -1.80. The van der Waals surface area contributed by atoms with E-state index < -0.39 is 16.0 Å². The first-order valence-corrected chi connectivity index (χ1v) is 9.69. The van der Waals surface area contributed by atoms with Gasteiger partial charge in [0.15, 0.2) is 0 Å². The first kappa shape index (κ1) is 20.5. The quantitative estimate of drug-likeness (QED) is 0.509. The molecule has 0 aliphatic carbocycles. The number of hydrogen-bond acceptors (Lipinski definition) is 5. The summed E-state index contributed by atoms with van der Waals surface area (Å²) in [6, 6.07) is 10.5. The Morgan fingerprint density at radius 1 is 1.04 bits per heavy atom. The highest BCUT2D eigenvalue weighted by Gasteiger charge is 2.17. The molecule has 0 aromatic heterocycles. The average molecular weight is 418 g/mol. The highest BCUT2D eigenvalue weighted by Crippen LogP contribution is 2.21. The second-order valence-corrected chi connectivity index (χ2v) is 8.36. The van der Waals surface area contributed by atoms with Gasteiger partial charge < -0.3 is 9.47 Å². The van der Waals surface area contributed by atoms with Crippen LogP contribution in [0.2, 0.25) is 10.0 Å². The van der Waals surface area contributed by atoms with Gasteiger partial charge in [0.25, 0.3) is 0 Å². The molecule has 26 heavy (non-hydrogen) atoms. The molecule has 0 bridgehead atoms. The van der Waals surface area contributed by atoms with Crippen LogP contribution in [0.25, 0.3) is 0 Å². The van der Waals surface area contributed by atoms with E-state index in [-0.39, 0.29) is 28.7 Å². The van der Waals surface area contributed by atoms with Crippen molar-refractivity contribution in [2.45, 2.75) is 4.90 Å². The van der Waals surface area contributed by atoms with E-state index in [4.69, 9.17) is 32.7 Å². The van der Waals surface area contributed by atoms with E-state index in [9.17, 15) is 13.2 Å². The standard InChI is InChI=1S/C17H17Cl2NO5S/c1-20(2)26(22,23)14-6-4-13(5-7-14)24-9-10-25-17(21)15-11-12(18)3-8-16(15)19/h3-8,11H,9-10H2,1-2H3. The lowest BCUT2D eigenvalue weighted by Crippen LogP contribution is -2.22. The van der Waals surface area contributed by atoms with Gasteiger partial charge in [-0.25, -0.2) is 17.5 Å². The molecule has 0 unspecified atom stereocenters. The maximum Gasteiger partial charge on any atom is 0.339 e. The number of hydrogen-bond donors (Lipinski definition) is 0. The van der Waals surface area contributed by atoms with Gasteiger partial charge in [-0.15, -0.1) is 0 Å². The third-order valence-corrected chi connectivity index (χ3v) is 5.73. The summed E-state index contributed by atoms with van der Waals surface area (Å²) in [6.45, 7) is 0.100. The fourth-order valence-corrected chi connectivity index (χ4v) is 3.21. The summed E-state index contributed by atoms with van der Waals surface area (Å²) in [5.41, 5.74) is 0.178. The maximum absolute atomic E-state index is 12.0. The third-order valence-electron chi connectivity index (χ3n) is 3.34. The van der Waals surface area contributed by atoms with E-state index in [1.54, 1.807) is 6.07 Å². The van der Waals surface area contributed by atoms with Gasteiger partial charge in [0.1, 0.15) is 19.0 Å². The van der Waals surface area contributed by atoms with Crippen molar-refractivity contribution in [1.29, 1.82) is 0 Å². The van der Waals surface area contributed by atoms with Crippen molar-refractivity contribution in [3.05, 3.63) is 58.1 Å². The highest BCUT2D eigenvalue weighted by molar-refractivity contribution is 7.89. The van der Waals surface area contributed by atoms with Gasteiger partial charge in [-0.2, -0.15) is 0 Å². The largest absolute Gasteiger partial charge is 0.490 e. The zero-order chi connectivity index (χ0) is 19.3. The van der Waals surface area contributed by atoms with E-state index in [1.165, 1.54) is 50.5 Å². The summed E-state index contributed by atoms with van der Waals surface area (Å²) in [4.78, 5) is 12.1. The molecular weight excluding hydrogens is 401 g/mol. The monoisotopic (exact) mass is 417 g/mol. The van der Waals surface area contributed by atoms with Crippen LogP contribution in [0, 0.1) is 0 Å². The lowest BCUT2D eigenvalue weighted by molar-refractivity contribution is 0.0450. The van der Waals surface area contributed by atoms with Crippen molar-refractivity contribution in [3.8, 4) is 5.75 Å². The molecule has 0 fully saturated rings. The number of carbonyl (C=O) groups is 1. The van der Waals surface area contributed by atoms with Crippen LogP contribution in [-0.4, -0.2) is 46.0 Å². The maximum atomic E-state index is 12.0. The van der Waals surface area contributed by atoms with Crippen molar-refractivity contribution in [3.63, 3.8) is 0 Å². The molecule has 0 N–H and O–H groups in total. The minimum atomic E-state index is -3.48. The Labute approximate surface area is 162 Å². The topological polar surface area (TPSA) is 72.9 Å². The van der Waals surface area contributed by atoms with Crippen molar-refractivity contribution in [2.24, 2.45) is 0 Å². The van der Waals surface area contributed by atoms with E-state index in [1.807, 2.05) is 0 Å². The van der Waals surface area contributed by atoms with E-state index in [0.29, 0.717) is 10.8 Å². The molecule has 140 valence electrons. The van der Waals surface area contributed by atoms with E-state index in [2.05, 4.69) is 0 Å².